The quantitative estimate of drug-likeness (QED) is 0.847. The number of rotatable bonds is 3. The summed E-state index contributed by atoms with van der Waals surface area (Å²) in [5.74, 6) is -0.514. The molecule has 1 aromatic rings. The molecule has 22 heavy (non-hydrogen) atoms. The molecule has 6 heteroatoms. The molecule has 120 valence electrons. The van der Waals surface area contributed by atoms with Crippen LogP contribution in [0.3, 0.4) is 0 Å². The third kappa shape index (κ3) is 3.31. The van der Waals surface area contributed by atoms with Crippen LogP contribution in [-0.4, -0.2) is 10.9 Å². The predicted octanol–water partition coefficient (Wildman–Crippen LogP) is 4.28. The Morgan fingerprint density at radius 1 is 1.32 bits per heavy atom. The summed E-state index contributed by atoms with van der Waals surface area (Å²) in [5.41, 5.74) is -0.0880. The van der Waals surface area contributed by atoms with E-state index in [1.165, 1.54) is 12.1 Å². The van der Waals surface area contributed by atoms with Crippen LogP contribution < -0.4 is 5.32 Å². The van der Waals surface area contributed by atoms with Gasteiger partial charge in [-0.1, -0.05) is 31.6 Å². The Labute approximate surface area is 127 Å². The highest BCUT2D eigenvalue weighted by molar-refractivity contribution is 5.95. The second-order valence-electron chi connectivity index (χ2n) is 6.46. The molecule has 0 aliphatic heterocycles. The molecule has 1 aliphatic rings. The van der Waals surface area contributed by atoms with E-state index in [1.54, 1.807) is 0 Å². The van der Waals surface area contributed by atoms with E-state index < -0.39 is 11.9 Å². The van der Waals surface area contributed by atoms with Gasteiger partial charge in [-0.25, -0.2) is 4.98 Å². The lowest BCUT2D eigenvalue weighted by molar-refractivity contribution is -0.141. The first-order valence-corrected chi connectivity index (χ1v) is 7.03. The summed E-state index contributed by atoms with van der Waals surface area (Å²) >= 11 is 0. The van der Waals surface area contributed by atoms with Crippen molar-refractivity contribution in [2.24, 2.45) is 17.3 Å². The van der Waals surface area contributed by atoms with Gasteiger partial charge in [0.05, 0.1) is 5.92 Å². The maximum atomic E-state index is 12.6. The van der Waals surface area contributed by atoms with Crippen LogP contribution in [0.2, 0.25) is 0 Å². The standard InChI is InChI=1S/C16H19F3N2O/c1-9(2)8-10-13(15(10,3)4)14(22)21-12-7-5-6-11(20-12)16(17,18)19/h5-8,10,13H,1-4H3,(H,20,21,22)/t10-,13-/m1/s1. The molecule has 0 saturated heterocycles. The number of halogens is 3. The first-order chi connectivity index (χ1) is 10.0. The third-order valence-electron chi connectivity index (χ3n) is 4.00. The van der Waals surface area contributed by atoms with E-state index in [1.807, 2.05) is 33.8 Å². The van der Waals surface area contributed by atoms with Crippen LogP contribution in [0, 0.1) is 17.3 Å². The first-order valence-electron chi connectivity index (χ1n) is 7.03. The molecule has 3 nitrogen and oxygen atoms in total. The number of nitrogens with zero attached hydrogens (tertiary/aromatic N) is 1. The largest absolute Gasteiger partial charge is 0.433 e. The summed E-state index contributed by atoms with van der Waals surface area (Å²) < 4.78 is 37.9. The van der Waals surface area contributed by atoms with E-state index in [2.05, 4.69) is 10.3 Å². The highest BCUT2D eigenvalue weighted by Gasteiger charge is 2.60. The molecule has 1 amide bonds. The van der Waals surface area contributed by atoms with Crippen molar-refractivity contribution in [1.82, 2.24) is 4.98 Å². The molecule has 1 aromatic heterocycles. The zero-order valence-electron chi connectivity index (χ0n) is 13.0. The molecule has 0 spiro atoms. The molecule has 1 heterocycles. The monoisotopic (exact) mass is 312 g/mol. The number of carbonyl (C=O) groups excluding carboxylic acids is 1. The van der Waals surface area contributed by atoms with Crippen LogP contribution in [0.5, 0.6) is 0 Å². The van der Waals surface area contributed by atoms with Crippen molar-refractivity contribution in [2.75, 3.05) is 5.32 Å². The third-order valence-corrected chi connectivity index (χ3v) is 4.00. The van der Waals surface area contributed by atoms with Crippen molar-refractivity contribution in [3.8, 4) is 0 Å². The van der Waals surface area contributed by atoms with Crippen LogP contribution in [0.15, 0.2) is 29.8 Å². The summed E-state index contributed by atoms with van der Waals surface area (Å²) in [6, 6.07) is 3.47. The van der Waals surface area contributed by atoms with Gasteiger partial charge in [0.2, 0.25) is 5.91 Å². The van der Waals surface area contributed by atoms with E-state index in [4.69, 9.17) is 0 Å². The number of amides is 1. The lowest BCUT2D eigenvalue weighted by atomic mass is 10.1. The zero-order valence-corrected chi connectivity index (χ0v) is 13.0. The lowest BCUT2D eigenvalue weighted by Gasteiger charge is -2.09. The maximum absolute atomic E-state index is 12.6. The maximum Gasteiger partial charge on any atom is 0.433 e. The topological polar surface area (TPSA) is 42.0 Å². The van der Waals surface area contributed by atoms with Gasteiger partial charge in [0.1, 0.15) is 11.5 Å². The number of carbonyl (C=O) groups is 1. The fourth-order valence-electron chi connectivity index (χ4n) is 2.71. The second kappa shape index (κ2) is 5.41. The Morgan fingerprint density at radius 2 is 1.95 bits per heavy atom. The summed E-state index contributed by atoms with van der Waals surface area (Å²) in [5, 5.41) is 2.50. The number of nitrogens with one attached hydrogen (secondary N) is 1. The van der Waals surface area contributed by atoms with E-state index in [-0.39, 0.29) is 29.0 Å². The molecule has 1 N–H and O–H groups in total. The smallest absolute Gasteiger partial charge is 0.310 e. The molecular formula is C16H19F3N2O. The van der Waals surface area contributed by atoms with Gasteiger partial charge in [0.15, 0.2) is 0 Å². The number of allylic oxidation sites excluding steroid dienone is 2. The summed E-state index contributed by atoms with van der Waals surface area (Å²) in [4.78, 5) is 15.7. The average Bonchev–Trinajstić information content (AvgIpc) is 2.89. The fourth-order valence-corrected chi connectivity index (χ4v) is 2.71. The van der Waals surface area contributed by atoms with E-state index in [9.17, 15) is 18.0 Å². The fraction of sp³-hybridized carbons (Fsp3) is 0.500. The summed E-state index contributed by atoms with van der Waals surface area (Å²) in [6.07, 6.45) is -2.49. The molecule has 0 unspecified atom stereocenters. The molecule has 0 bridgehead atoms. The van der Waals surface area contributed by atoms with Crippen molar-refractivity contribution in [1.29, 1.82) is 0 Å². The first kappa shape index (κ1) is 16.5. The SMILES string of the molecule is CC(C)=C[C@@H]1[C@H](C(=O)Nc2cccc(C(F)(F)F)n2)C1(C)C. The van der Waals surface area contributed by atoms with Crippen molar-refractivity contribution < 1.29 is 18.0 Å². The number of anilines is 1. The van der Waals surface area contributed by atoms with E-state index >= 15 is 0 Å². The van der Waals surface area contributed by atoms with Crippen LogP contribution in [0.1, 0.15) is 33.4 Å². The van der Waals surface area contributed by atoms with Gasteiger partial charge in [-0.2, -0.15) is 13.2 Å². The van der Waals surface area contributed by atoms with Crippen molar-refractivity contribution >= 4 is 11.7 Å². The summed E-state index contributed by atoms with van der Waals surface area (Å²) in [6.45, 7) is 7.86. The Balaban J connectivity index is 2.12. The molecule has 1 saturated carbocycles. The molecule has 0 radical (unpaired) electrons. The van der Waals surface area contributed by atoms with Gasteiger partial charge in [-0.3, -0.25) is 4.79 Å². The van der Waals surface area contributed by atoms with Gasteiger partial charge in [0, 0.05) is 0 Å². The average molecular weight is 312 g/mol. The minimum absolute atomic E-state index is 0.0709. The van der Waals surface area contributed by atoms with Crippen LogP contribution in [-0.2, 0) is 11.0 Å². The molecular weight excluding hydrogens is 293 g/mol. The number of alkyl halides is 3. The van der Waals surface area contributed by atoms with Crippen molar-refractivity contribution in [2.45, 2.75) is 33.9 Å². The molecule has 1 fully saturated rings. The normalized spacial score (nSPS) is 22.9. The van der Waals surface area contributed by atoms with E-state index in [0.717, 1.165) is 11.6 Å². The van der Waals surface area contributed by atoms with Crippen LogP contribution >= 0.6 is 0 Å². The number of pyridine rings is 1. The van der Waals surface area contributed by atoms with Crippen molar-refractivity contribution in [3.05, 3.63) is 35.5 Å². The molecule has 2 atom stereocenters. The highest BCUT2D eigenvalue weighted by Crippen LogP contribution is 2.59. The zero-order chi connectivity index (χ0) is 16.7. The highest BCUT2D eigenvalue weighted by atomic mass is 19.4. The lowest BCUT2D eigenvalue weighted by Crippen LogP contribution is -2.19. The van der Waals surface area contributed by atoms with Gasteiger partial charge in [-0.05, 0) is 37.3 Å². The number of hydrogen-bond donors (Lipinski definition) is 1. The second-order valence-corrected chi connectivity index (χ2v) is 6.46. The van der Waals surface area contributed by atoms with Crippen LogP contribution in [0.25, 0.3) is 0 Å². The molecule has 1 aliphatic carbocycles. The number of aromatic nitrogens is 1. The van der Waals surface area contributed by atoms with Crippen molar-refractivity contribution in [3.63, 3.8) is 0 Å². The van der Waals surface area contributed by atoms with Gasteiger partial charge in [-0.15, -0.1) is 0 Å². The predicted molar refractivity (Wildman–Crippen MR) is 78.1 cm³/mol. The minimum atomic E-state index is -4.52. The Bertz CT molecular complexity index is 616. The van der Waals surface area contributed by atoms with Crippen LogP contribution in [0.4, 0.5) is 19.0 Å². The van der Waals surface area contributed by atoms with Gasteiger partial charge in [0.25, 0.3) is 0 Å². The van der Waals surface area contributed by atoms with E-state index in [0.29, 0.717) is 0 Å². The summed E-state index contributed by atoms with van der Waals surface area (Å²) in [7, 11) is 0. The van der Waals surface area contributed by atoms with Gasteiger partial charge < -0.3 is 5.32 Å². The molecule has 2 rings (SSSR count). The van der Waals surface area contributed by atoms with Gasteiger partial charge >= 0.3 is 6.18 Å². The Hall–Kier alpha value is -1.85. The number of hydrogen-bond acceptors (Lipinski definition) is 2. The Morgan fingerprint density at radius 3 is 2.50 bits per heavy atom. The minimum Gasteiger partial charge on any atom is -0.310 e. The Kier molecular flexibility index (Phi) is 4.06. The molecule has 0 aromatic carbocycles.